The molecule has 2 heterocycles. The summed E-state index contributed by atoms with van der Waals surface area (Å²) >= 11 is 9.76. The van der Waals surface area contributed by atoms with Gasteiger partial charge in [-0.1, -0.05) is 27.5 Å². The lowest BCUT2D eigenvalue weighted by atomic mass is 9.85. The van der Waals surface area contributed by atoms with Gasteiger partial charge in [-0.3, -0.25) is 29.4 Å². The molecule has 3 amide bonds. The molecule has 3 aromatic carbocycles. The van der Waals surface area contributed by atoms with E-state index in [-0.39, 0.29) is 21.8 Å². The van der Waals surface area contributed by atoms with E-state index in [1.807, 2.05) is 0 Å². The van der Waals surface area contributed by atoms with Crippen LogP contribution in [-0.4, -0.2) is 47.8 Å². The van der Waals surface area contributed by atoms with Gasteiger partial charge in [0, 0.05) is 27.9 Å². The number of halogens is 2. The van der Waals surface area contributed by atoms with Gasteiger partial charge in [-0.05, 0) is 42.5 Å². The van der Waals surface area contributed by atoms with Crippen LogP contribution in [0.25, 0.3) is 0 Å². The number of nitro benzene ring substituents is 1. The minimum atomic E-state index is -1.23. The molecule has 2 aliphatic rings. The van der Waals surface area contributed by atoms with Crippen molar-refractivity contribution >= 4 is 56.6 Å². The van der Waals surface area contributed by atoms with Crippen LogP contribution in [0.3, 0.4) is 0 Å². The van der Waals surface area contributed by atoms with E-state index in [2.05, 4.69) is 15.9 Å². The van der Waals surface area contributed by atoms with Gasteiger partial charge in [0.05, 0.1) is 41.3 Å². The number of benzene rings is 3. The standard InChI is InChI=1S/C25H17BrClN3O7/c1-36-19-7-3-12(26)9-17(19)21-22(25(33)28(21)13-5-8-20(37-2)18(27)11-13)29-23(31)15-6-4-14(30(34)35)10-16(15)24(29)32/h3-11,21-22H,1-2H3/t21-,22+/m1/s1. The van der Waals surface area contributed by atoms with E-state index >= 15 is 0 Å². The van der Waals surface area contributed by atoms with Gasteiger partial charge in [-0.2, -0.15) is 0 Å². The van der Waals surface area contributed by atoms with Crippen LogP contribution in [-0.2, 0) is 4.79 Å². The number of anilines is 1. The Kier molecular flexibility index (Phi) is 6.12. The van der Waals surface area contributed by atoms with Crippen LogP contribution in [0.5, 0.6) is 11.5 Å². The molecule has 2 atom stereocenters. The molecule has 0 saturated carbocycles. The van der Waals surface area contributed by atoms with E-state index in [0.29, 0.717) is 27.2 Å². The number of nitrogens with zero attached hydrogens (tertiary/aromatic N) is 3. The van der Waals surface area contributed by atoms with Crippen molar-refractivity contribution < 1.29 is 28.8 Å². The zero-order valence-electron chi connectivity index (χ0n) is 19.3. The van der Waals surface area contributed by atoms with Crippen LogP contribution < -0.4 is 14.4 Å². The smallest absolute Gasteiger partial charge is 0.270 e. The summed E-state index contributed by atoms with van der Waals surface area (Å²) < 4.78 is 11.4. The first-order valence-electron chi connectivity index (χ1n) is 10.8. The van der Waals surface area contributed by atoms with E-state index in [9.17, 15) is 24.5 Å². The molecular formula is C25H17BrClN3O7. The van der Waals surface area contributed by atoms with E-state index in [1.54, 1.807) is 36.4 Å². The maximum Gasteiger partial charge on any atom is 0.270 e. The maximum atomic E-state index is 13.6. The second-order valence-corrected chi connectivity index (χ2v) is 9.59. The average Bonchev–Trinajstić information content (AvgIpc) is 3.12. The lowest BCUT2D eigenvalue weighted by Gasteiger charge is -2.50. The van der Waals surface area contributed by atoms with Gasteiger partial charge in [-0.15, -0.1) is 0 Å². The first-order valence-corrected chi connectivity index (χ1v) is 12.0. The molecule has 1 saturated heterocycles. The Morgan fingerprint density at radius 1 is 0.865 bits per heavy atom. The Balaban J connectivity index is 1.63. The monoisotopic (exact) mass is 585 g/mol. The van der Waals surface area contributed by atoms with E-state index in [0.717, 1.165) is 17.0 Å². The van der Waals surface area contributed by atoms with Crippen LogP contribution in [0, 0.1) is 10.1 Å². The molecule has 0 aromatic heterocycles. The molecule has 10 nitrogen and oxygen atoms in total. The SMILES string of the molecule is COc1ccc(N2C(=O)[C@@H](N3C(=O)c4ccc([N+](=O)[O-])cc4C3=O)[C@H]2c2cc(Br)ccc2OC)cc1Cl. The molecule has 0 bridgehead atoms. The van der Waals surface area contributed by atoms with Crippen molar-refractivity contribution in [3.8, 4) is 11.5 Å². The number of rotatable bonds is 6. The number of methoxy groups -OCH3 is 2. The van der Waals surface area contributed by atoms with Crippen LogP contribution in [0.1, 0.15) is 32.3 Å². The summed E-state index contributed by atoms with van der Waals surface area (Å²) in [5.74, 6) is -1.18. The van der Waals surface area contributed by atoms with Gasteiger partial charge in [0.2, 0.25) is 0 Å². The Morgan fingerprint density at radius 3 is 2.19 bits per heavy atom. The highest BCUT2D eigenvalue weighted by Crippen LogP contribution is 2.48. The maximum absolute atomic E-state index is 13.6. The van der Waals surface area contributed by atoms with Gasteiger partial charge in [0.1, 0.15) is 17.5 Å². The van der Waals surface area contributed by atoms with E-state index < -0.39 is 34.7 Å². The fourth-order valence-corrected chi connectivity index (χ4v) is 5.31. The van der Waals surface area contributed by atoms with Crippen molar-refractivity contribution in [3.63, 3.8) is 0 Å². The van der Waals surface area contributed by atoms with Crippen molar-refractivity contribution in [3.05, 3.63) is 90.9 Å². The Bertz CT molecular complexity index is 1510. The number of nitro groups is 1. The number of carbonyl (C=O) groups is 3. The van der Waals surface area contributed by atoms with Crippen molar-refractivity contribution in [2.45, 2.75) is 12.1 Å². The second-order valence-electron chi connectivity index (χ2n) is 8.27. The summed E-state index contributed by atoms with van der Waals surface area (Å²) in [6, 6.07) is 11.4. The number of ether oxygens (including phenoxy) is 2. The van der Waals surface area contributed by atoms with Crippen molar-refractivity contribution in [2.75, 3.05) is 19.1 Å². The lowest BCUT2D eigenvalue weighted by molar-refractivity contribution is -0.384. The molecule has 12 heteroatoms. The van der Waals surface area contributed by atoms with Gasteiger partial charge in [-0.25, -0.2) is 0 Å². The number of hydrogen-bond acceptors (Lipinski definition) is 7. The molecule has 5 rings (SSSR count). The zero-order chi connectivity index (χ0) is 26.6. The summed E-state index contributed by atoms with van der Waals surface area (Å²) in [5.41, 5.74) is 0.496. The first-order chi connectivity index (χ1) is 17.7. The largest absolute Gasteiger partial charge is 0.496 e. The summed E-state index contributed by atoms with van der Waals surface area (Å²) in [6.07, 6.45) is 0. The van der Waals surface area contributed by atoms with Crippen LogP contribution >= 0.6 is 27.5 Å². The molecule has 188 valence electrons. The normalized spacial score (nSPS) is 18.5. The Hall–Kier alpha value is -3.96. The van der Waals surface area contributed by atoms with Crippen molar-refractivity contribution in [1.29, 1.82) is 0 Å². The van der Waals surface area contributed by atoms with Crippen LogP contribution in [0.2, 0.25) is 5.02 Å². The molecule has 0 unspecified atom stereocenters. The topological polar surface area (TPSA) is 119 Å². The highest BCUT2D eigenvalue weighted by atomic mass is 79.9. The molecule has 0 spiro atoms. The highest BCUT2D eigenvalue weighted by molar-refractivity contribution is 9.10. The minimum Gasteiger partial charge on any atom is -0.496 e. The van der Waals surface area contributed by atoms with Crippen LogP contribution in [0.15, 0.2) is 59.1 Å². The predicted molar refractivity (Wildman–Crippen MR) is 136 cm³/mol. The highest BCUT2D eigenvalue weighted by Gasteiger charge is 2.58. The van der Waals surface area contributed by atoms with Crippen LogP contribution in [0.4, 0.5) is 11.4 Å². The second kappa shape index (κ2) is 9.16. The summed E-state index contributed by atoms with van der Waals surface area (Å²) in [6.45, 7) is 0. The number of amides is 3. The summed E-state index contributed by atoms with van der Waals surface area (Å²) in [4.78, 5) is 53.2. The fraction of sp³-hybridized carbons (Fsp3) is 0.160. The third kappa shape index (κ3) is 3.82. The van der Waals surface area contributed by atoms with E-state index in [1.165, 1.54) is 25.2 Å². The number of carbonyl (C=O) groups excluding carboxylic acids is 3. The molecule has 0 radical (unpaired) electrons. The number of β-lactam (4-membered cyclic amide) rings is 1. The molecule has 1 fully saturated rings. The quantitative estimate of drug-likeness (QED) is 0.176. The molecule has 2 aliphatic heterocycles. The Morgan fingerprint density at radius 2 is 1.54 bits per heavy atom. The van der Waals surface area contributed by atoms with Gasteiger partial charge in [0.15, 0.2) is 0 Å². The van der Waals surface area contributed by atoms with Gasteiger partial charge in [0.25, 0.3) is 23.4 Å². The molecule has 37 heavy (non-hydrogen) atoms. The van der Waals surface area contributed by atoms with E-state index in [4.69, 9.17) is 21.1 Å². The first kappa shape index (κ1) is 24.7. The summed E-state index contributed by atoms with van der Waals surface area (Å²) in [7, 11) is 2.94. The third-order valence-corrected chi connectivity index (χ3v) is 7.17. The van der Waals surface area contributed by atoms with Gasteiger partial charge < -0.3 is 14.4 Å². The molecular weight excluding hydrogens is 570 g/mol. The van der Waals surface area contributed by atoms with Gasteiger partial charge >= 0.3 is 0 Å². The molecule has 3 aromatic rings. The Labute approximate surface area is 223 Å². The third-order valence-electron chi connectivity index (χ3n) is 6.38. The number of imide groups is 1. The summed E-state index contributed by atoms with van der Waals surface area (Å²) in [5, 5.41) is 11.5. The number of fused-ring (bicyclic) bond motifs is 1. The molecule has 0 aliphatic carbocycles. The number of non-ortho nitro benzene ring substituents is 1. The zero-order valence-corrected chi connectivity index (χ0v) is 21.6. The van der Waals surface area contributed by atoms with Crippen molar-refractivity contribution in [1.82, 2.24) is 4.90 Å². The number of hydrogen-bond donors (Lipinski definition) is 0. The lowest BCUT2D eigenvalue weighted by Crippen LogP contribution is -2.67. The van der Waals surface area contributed by atoms with Crippen molar-refractivity contribution in [2.24, 2.45) is 0 Å². The molecule has 0 N–H and O–H groups in total. The fourth-order valence-electron chi connectivity index (χ4n) is 4.68. The average molecular weight is 587 g/mol. The predicted octanol–water partition coefficient (Wildman–Crippen LogP) is 4.78. The minimum absolute atomic E-state index is 0.00528.